The number of carbonyl (C=O) groups excluding carboxylic acids is 1. The summed E-state index contributed by atoms with van der Waals surface area (Å²) in [6.07, 6.45) is -0.0741. The van der Waals surface area contributed by atoms with E-state index in [1.807, 2.05) is 0 Å². The van der Waals surface area contributed by atoms with Gasteiger partial charge in [0, 0.05) is 30.2 Å². The summed E-state index contributed by atoms with van der Waals surface area (Å²) in [7, 11) is 0. The number of rotatable bonds is 6. The van der Waals surface area contributed by atoms with Gasteiger partial charge in [-0.15, -0.1) is 0 Å². The van der Waals surface area contributed by atoms with Crippen molar-refractivity contribution in [3.05, 3.63) is 71.0 Å². The molecule has 0 unspecified atom stereocenters. The van der Waals surface area contributed by atoms with Gasteiger partial charge in [0.2, 0.25) is 0 Å². The van der Waals surface area contributed by atoms with E-state index < -0.39 is 23.8 Å². The Kier molecular flexibility index (Phi) is 6.18. The fraction of sp³-hybridized carbons (Fsp3) is 0.300. The number of oxime groups is 1. The van der Waals surface area contributed by atoms with Crippen molar-refractivity contribution >= 4 is 11.7 Å². The van der Waals surface area contributed by atoms with Crippen LogP contribution in [0.3, 0.4) is 0 Å². The maximum Gasteiger partial charge on any atom is 0.317 e. The van der Waals surface area contributed by atoms with Gasteiger partial charge in [-0.3, -0.25) is 0 Å². The van der Waals surface area contributed by atoms with Crippen LogP contribution in [-0.4, -0.2) is 35.8 Å². The zero-order valence-electron chi connectivity index (χ0n) is 15.3. The summed E-state index contributed by atoms with van der Waals surface area (Å²) in [4.78, 5) is 19.2. The van der Waals surface area contributed by atoms with Gasteiger partial charge in [-0.05, 0) is 25.1 Å². The number of benzene rings is 2. The SMILES string of the molecule is CCNC(=O)N(Cc1ccc(F)cc1F)C[C@H]1CC(c2cccc(F)c2)=NO1. The van der Waals surface area contributed by atoms with Crippen molar-refractivity contribution in [2.24, 2.45) is 5.16 Å². The lowest BCUT2D eigenvalue weighted by molar-refractivity contribution is 0.0588. The number of urea groups is 1. The third-order valence-electron chi connectivity index (χ3n) is 4.31. The highest BCUT2D eigenvalue weighted by Crippen LogP contribution is 2.20. The lowest BCUT2D eigenvalue weighted by atomic mass is 10.0. The zero-order valence-corrected chi connectivity index (χ0v) is 15.3. The van der Waals surface area contributed by atoms with Gasteiger partial charge in [-0.1, -0.05) is 23.4 Å². The summed E-state index contributed by atoms with van der Waals surface area (Å²) in [6, 6.07) is 8.84. The van der Waals surface area contributed by atoms with Gasteiger partial charge in [-0.2, -0.15) is 0 Å². The molecule has 0 spiro atoms. The molecule has 2 amide bonds. The maximum atomic E-state index is 14.0. The second-order valence-electron chi connectivity index (χ2n) is 6.43. The number of amides is 2. The molecule has 148 valence electrons. The number of nitrogens with one attached hydrogen (secondary N) is 1. The second kappa shape index (κ2) is 8.77. The summed E-state index contributed by atoms with van der Waals surface area (Å²) >= 11 is 0. The Bertz CT molecular complexity index is 889. The highest BCUT2D eigenvalue weighted by Gasteiger charge is 2.27. The van der Waals surface area contributed by atoms with Crippen molar-refractivity contribution in [1.82, 2.24) is 10.2 Å². The third kappa shape index (κ3) is 4.82. The Morgan fingerprint density at radius 1 is 1.21 bits per heavy atom. The van der Waals surface area contributed by atoms with E-state index in [-0.39, 0.29) is 24.5 Å². The summed E-state index contributed by atoms with van der Waals surface area (Å²) in [5.41, 5.74) is 1.38. The van der Waals surface area contributed by atoms with Crippen molar-refractivity contribution in [3.8, 4) is 0 Å². The van der Waals surface area contributed by atoms with E-state index in [9.17, 15) is 18.0 Å². The molecule has 0 saturated carbocycles. The van der Waals surface area contributed by atoms with Gasteiger partial charge in [-0.25, -0.2) is 18.0 Å². The van der Waals surface area contributed by atoms with E-state index in [0.717, 1.165) is 12.1 Å². The highest BCUT2D eigenvalue weighted by atomic mass is 19.1. The molecule has 0 radical (unpaired) electrons. The van der Waals surface area contributed by atoms with Crippen LogP contribution in [0.4, 0.5) is 18.0 Å². The second-order valence-corrected chi connectivity index (χ2v) is 6.43. The van der Waals surface area contributed by atoms with Gasteiger partial charge >= 0.3 is 6.03 Å². The van der Waals surface area contributed by atoms with E-state index in [4.69, 9.17) is 4.84 Å². The molecular formula is C20H20F3N3O2. The average Bonchev–Trinajstić information content (AvgIpc) is 3.12. The first-order valence-electron chi connectivity index (χ1n) is 8.91. The molecule has 0 saturated heterocycles. The molecule has 1 N–H and O–H groups in total. The molecule has 1 heterocycles. The Morgan fingerprint density at radius 3 is 2.71 bits per heavy atom. The molecule has 1 aliphatic rings. The largest absolute Gasteiger partial charge is 0.390 e. The molecule has 0 aromatic heterocycles. The number of hydrogen-bond donors (Lipinski definition) is 1. The molecule has 2 aromatic carbocycles. The van der Waals surface area contributed by atoms with Crippen LogP contribution < -0.4 is 5.32 Å². The summed E-state index contributed by atoms with van der Waals surface area (Å²) in [5, 5.41) is 6.66. The van der Waals surface area contributed by atoms with E-state index >= 15 is 0 Å². The van der Waals surface area contributed by atoms with Crippen LogP contribution in [0.25, 0.3) is 0 Å². The minimum atomic E-state index is -0.724. The number of carbonyl (C=O) groups is 1. The van der Waals surface area contributed by atoms with Crippen LogP contribution in [-0.2, 0) is 11.4 Å². The molecule has 0 aliphatic carbocycles. The fourth-order valence-corrected chi connectivity index (χ4v) is 2.95. The lowest BCUT2D eigenvalue weighted by Gasteiger charge is -2.25. The molecule has 5 nitrogen and oxygen atoms in total. The zero-order chi connectivity index (χ0) is 20.1. The number of halogens is 3. The molecule has 2 aromatic rings. The molecule has 0 fully saturated rings. The van der Waals surface area contributed by atoms with Crippen molar-refractivity contribution < 1.29 is 22.8 Å². The molecular weight excluding hydrogens is 371 g/mol. The van der Waals surface area contributed by atoms with Gasteiger partial charge in [0.25, 0.3) is 0 Å². The van der Waals surface area contributed by atoms with Gasteiger partial charge in [0.05, 0.1) is 18.8 Å². The predicted octanol–water partition coefficient (Wildman–Crippen LogP) is 3.83. The Labute approximate surface area is 160 Å². The predicted molar refractivity (Wildman–Crippen MR) is 98.3 cm³/mol. The quantitative estimate of drug-likeness (QED) is 0.814. The minimum absolute atomic E-state index is 0.0485. The lowest BCUT2D eigenvalue weighted by Crippen LogP contribution is -2.43. The summed E-state index contributed by atoms with van der Waals surface area (Å²) < 4.78 is 40.5. The normalized spacial score (nSPS) is 15.7. The number of nitrogens with zero attached hydrogens (tertiary/aromatic N) is 2. The fourth-order valence-electron chi connectivity index (χ4n) is 2.95. The monoisotopic (exact) mass is 391 g/mol. The van der Waals surface area contributed by atoms with Gasteiger partial charge in [0.15, 0.2) is 6.10 Å². The van der Waals surface area contributed by atoms with E-state index in [1.165, 1.54) is 23.1 Å². The van der Waals surface area contributed by atoms with Gasteiger partial charge in [0.1, 0.15) is 17.5 Å². The molecule has 1 atom stereocenters. The summed E-state index contributed by atoms with van der Waals surface area (Å²) in [6.45, 7) is 2.27. The van der Waals surface area contributed by atoms with Crippen LogP contribution in [0.5, 0.6) is 0 Å². The first kappa shape index (κ1) is 19.7. The maximum absolute atomic E-state index is 14.0. The average molecular weight is 391 g/mol. The smallest absolute Gasteiger partial charge is 0.317 e. The Morgan fingerprint density at radius 2 is 2.00 bits per heavy atom. The Hall–Kier alpha value is -3.03. The molecule has 1 aliphatic heterocycles. The molecule has 8 heteroatoms. The summed E-state index contributed by atoms with van der Waals surface area (Å²) in [5.74, 6) is -1.78. The molecule has 3 rings (SSSR count). The van der Waals surface area contributed by atoms with Crippen LogP contribution >= 0.6 is 0 Å². The van der Waals surface area contributed by atoms with Crippen molar-refractivity contribution in [1.29, 1.82) is 0 Å². The van der Waals surface area contributed by atoms with Crippen LogP contribution in [0.1, 0.15) is 24.5 Å². The molecule has 28 heavy (non-hydrogen) atoms. The first-order valence-corrected chi connectivity index (χ1v) is 8.91. The van der Waals surface area contributed by atoms with Gasteiger partial charge < -0.3 is 15.1 Å². The standard InChI is InChI=1S/C20H20F3N3O2/c1-2-24-20(27)26(11-14-6-7-16(22)9-18(14)23)12-17-10-19(25-28-17)13-4-3-5-15(21)8-13/h3-9,17H,2,10-12H2,1H3,(H,24,27)/t17-/m1/s1. The van der Waals surface area contributed by atoms with Crippen LogP contribution in [0.2, 0.25) is 0 Å². The first-order chi connectivity index (χ1) is 13.5. The van der Waals surface area contributed by atoms with Crippen molar-refractivity contribution in [2.45, 2.75) is 26.0 Å². The minimum Gasteiger partial charge on any atom is -0.390 e. The highest BCUT2D eigenvalue weighted by molar-refractivity contribution is 6.01. The Balaban J connectivity index is 1.69. The van der Waals surface area contributed by atoms with Crippen LogP contribution in [0, 0.1) is 17.5 Å². The topological polar surface area (TPSA) is 53.9 Å². The van der Waals surface area contributed by atoms with Crippen molar-refractivity contribution in [2.75, 3.05) is 13.1 Å². The van der Waals surface area contributed by atoms with E-state index in [1.54, 1.807) is 19.1 Å². The van der Waals surface area contributed by atoms with Crippen molar-refractivity contribution in [3.63, 3.8) is 0 Å². The molecule has 0 bridgehead atoms. The van der Waals surface area contributed by atoms with E-state index in [2.05, 4.69) is 10.5 Å². The number of hydrogen-bond acceptors (Lipinski definition) is 3. The third-order valence-corrected chi connectivity index (χ3v) is 4.31. The van der Waals surface area contributed by atoms with Crippen LogP contribution in [0.15, 0.2) is 47.6 Å². The van der Waals surface area contributed by atoms with E-state index in [0.29, 0.717) is 24.2 Å².